The molecule has 1 N–H and O–H groups in total. The van der Waals surface area contributed by atoms with Crippen molar-refractivity contribution in [3.8, 4) is 0 Å². The summed E-state index contributed by atoms with van der Waals surface area (Å²) in [5.74, 6) is 0. The summed E-state index contributed by atoms with van der Waals surface area (Å²) in [5, 5.41) is 0. The first kappa shape index (κ1) is 16.2. The Morgan fingerprint density at radius 1 is 1.24 bits per heavy atom. The summed E-state index contributed by atoms with van der Waals surface area (Å²) in [5.41, 5.74) is 0.604. The van der Waals surface area contributed by atoms with Crippen molar-refractivity contribution in [1.29, 1.82) is 0 Å². The molecule has 21 heavy (non-hydrogen) atoms. The highest BCUT2D eigenvalue weighted by atomic mass is 32.2. The zero-order valence-corrected chi connectivity index (χ0v) is 12.9. The first-order valence-electron chi connectivity index (χ1n) is 6.65. The van der Waals surface area contributed by atoms with Crippen LogP contribution in [0, 0.1) is 0 Å². The van der Waals surface area contributed by atoms with Crippen LogP contribution in [0.5, 0.6) is 0 Å². The molecule has 116 valence electrons. The van der Waals surface area contributed by atoms with Crippen LogP contribution in [0.4, 0.5) is 13.2 Å². The van der Waals surface area contributed by atoms with Gasteiger partial charge in [0.15, 0.2) is 0 Å². The predicted molar refractivity (Wildman–Crippen MR) is 78.9 cm³/mol. The van der Waals surface area contributed by atoms with Crippen LogP contribution >= 0.6 is 0 Å². The minimum atomic E-state index is -4.37. The van der Waals surface area contributed by atoms with Gasteiger partial charge in [0.2, 0.25) is 0 Å². The highest BCUT2D eigenvalue weighted by molar-refractivity contribution is 7.84. The van der Waals surface area contributed by atoms with Gasteiger partial charge in [0.25, 0.3) is 0 Å². The molecule has 0 bridgehead atoms. The topological polar surface area (TPSA) is 29.1 Å². The zero-order valence-electron chi connectivity index (χ0n) is 12.1. The van der Waals surface area contributed by atoms with E-state index in [0.717, 1.165) is 17.7 Å². The number of halogens is 3. The molecule has 6 heteroatoms. The molecule has 0 fully saturated rings. The number of rotatable bonds is 2. The van der Waals surface area contributed by atoms with Gasteiger partial charge in [0, 0.05) is 6.04 Å². The molecule has 0 radical (unpaired) electrons. The van der Waals surface area contributed by atoms with E-state index in [-0.39, 0.29) is 6.04 Å². The van der Waals surface area contributed by atoms with E-state index >= 15 is 0 Å². The van der Waals surface area contributed by atoms with Gasteiger partial charge < -0.3 is 0 Å². The van der Waals surface area contributed by atoms with Gasteiger partial charge in [-0.25, -0.2) is 8.93 Å². The average Bonchev–Trinajstić information content (AvgIpc) is 2.36. The maximum absolute atomic E-state index is 12.8. The summed E-state index contributed by atoms with van der Waals surface area (Å²) < 4.78 is 53.2. The molecule has 2 nitrogen and oxygen atoms in total. The van der Waals surface area contributed by atoms with Crippen LogP contribution in [-0.4, -0.2) is 8.96 Å². The molecule has 0 saturated carbocycles. The van der Waals surface area contributed by atoms with E-state index in [4.69, 9.17) is 0 Å². The van der Waals surface area contributed by atoms with E-state index in [1.165, 1.54) is 6.07 Å². The highest BCUT2D eigenvalue weighted by Gasteiger charge is 2.32. The maximum Gasteiger partial charge on any atom is 0.416 e. The molecular formula is C15H18F3NOS. The third kappa shape index (κ3) is 3.74. The van der Waals surface area contributed by atoms with Crippen LogP contribution in [0.2, 0.25) is 0 Å². The second kappa shape index (κ2) is 5.57. The summed E-state index contributed by atoms with van der Waals surface area (Å²) in [6.45, 7) is 5.46. The second-order valence-corrected chi connectivity index (χ2v) is 8.03. The minimum Gasteiger partial charge on any atom is -0.242 e. The zero-order chi connectivity index (χ0) is 15.8. The summed E-state index contributed by atoms with van der Waals surface area (Å²) in [6.07, 6.45) is -0.166. The number of benzene rings is 1. The number of hydrogen-bond donors (Lipinski definition) is 1. The maximum atomic E-state index is 12.8. The number of fused-ring (bicyclic) bond motifs is 1. The van der Waals surface area contributed by atoms with E-state index in [2.05, 4.69) is 4.72 Å². The molecule has 1 aromatic carbocycles. The predicted octanol–water partition coefficient (Wildman–Crippen LogP) is 4.22. The van der Waals surface area contributed by atoms with Crippen molar-refractivity contribution < 1.29 is 17.4 Å². The molecule has 0 spiro atoms. The van der Waals surface area contributed by atoms with E-state index in [1.54, 1.807) is 6.08 Å². The van der Waals surface area contributed by atoms with Crippen molar-refractivity contribution in [3.63, 3.8) is 0 Å². The SMILES string of the molecule is CC(C)(C)[S@](=O)N[C@H]1CC=Cc2ccc(C(F)(F)F)cc21. The number of hydrogen-bond acceptors (Lipinski definition) is 1. The molecule has 0 aliphatic heterocycles. The fraction of sp³-hybridized carbons (Fsp3) is 0.467. The molecule has 1 aromatic rings. The van der Waals surface area contributed by atoms with Gasteiger partial charge in [0.05, 0.1) is 21.3 Å². The molecule has 0 aromatic heterocycles. The molecule has 1 aliphatic carbocycles. The third-order valence-corrected chi connectivity index (χ3v) is 4.88. The largest absolute Gasteiger partial charge is 0.416 e. The van der Waals surface area contributed by atoms with E-state index in [9.17, 15) is 17.4 Å². The molecular weight excluding hydrogens is 299 g/mol. The highest BCUT2D eigenvalue weighted by Crippen LogP contribution is 2.35. The van der Waals surface area contributed by atoms with E-state index in [1.807, 2.05) is 26.8 Å². The Labute approximate surface area is 125 Å². The normalized spacial score (nSPS) is 20.2. The summed E-state index contributed by atoms with van der Waals surface area (Å²) in [6, 6.07) is 3.32. The first-order valence-corrected chi connectivity index (χ1v) is 7.80. The first-order chi connectivity index (χ1) is 9.59. The van der Waals surface area contributed by atoms with Crippen LogP contribution in [0.25, 0.3) is 6.08 Å². The molecule has 0 amide bonds. The van der Waals surface area contributed by atoms with Crippen LogP contribution < -0.4 is 4.72 Å². The Hall–Kier alpha value is -1.14. The lowest BCUT2D eigenvalue weighted by atomic mass is 9.92. The quantitative estimate of drug-likeness (QED) is 0.869. The van der Waals surface area contributed by atoms with Gasteiger partial charge >= 0.3 is 6.18 Å². The Morgan fingerprint density at radius 2 is 1.90 bits per heavy atom. The Balaban J connectivity index is 2.34. The fourth-order valence-electron chi connectivity index (χ4n) is 2.08. The Morgan fingerprint density at radius 3 is 2.48 bits per heavy atom. The molecule has 0 unspecified atom stereocenters. The van der Waals surface area contributed by atoms with Gasteiger partial charge in [-0.2, -0.15) is 13.2 Å². The lowest BCUT2D eigenvalue weighted by Gasteiger charge is -2.27. The van der Waals surface area contributed by atoms with E-state index in [0.29, 0.717) is 12.0 Å². The number of alkyl halides is 3. The van der Waals surface area contributed by atoms with E-state index < -0.39 is 27.5 Å². The summed E-state index contributed by atoms with van der Waals surface area (Å²) in [4.78, 5) is 0. The lowest BCUT2D eigenvalue weighted by Crippen LogP contribution is -2.36. The Kier molecular flexibility index (Phi) is 4.31. The number of nitrogens with one attached hydrogen (secondary N) is 1. The van der Waals surface area contributed by atoms with Crippen molar-refractivity contribution in [3.05, 3.63) is 41.0 Å². The van der Waals surface area contributed by atoms with Crippen LogP contribution in [0.1, 0.15) is 49.9 Å². The summed E-state index contributed by atoms with van der Waals surface area (Å²) >= 11 is 0. The van der Waals surface area contributed by atoms with Crippen LogP contribution in [0.3, 0.4) is 0 Å². The fourth-order valence-corrected chi connectivity index (χ4v) is 2.92. The third-order valence-electron chi connectivity index (χ3n) is 3.26. The van der Waals surface area contributed by atoms with Crippen LogP contribution in [-0.2, 0) is 17.2 Å². The standard InChI is InChI=1S/C15H18F3NOS/c1-14(2,3)21(20)19-13-6-4-5-10-7-8-11(9-12(10)13)15(16,17)18/h4-5,7-9,13,19H,6H2,1-3H3/t13-,21-/m0/s1. The minimum absolute atomic E-state index is 0.368. The van der Waals surface area contributed by atoms with Gasteiger partial charge in [0.1, 0.15) is 0 Å². The molecule has 0 heterocycles. The van der Waals surface area contributed by atoms with Gasteiger partial charge in [-0.05, 0) is 50.5 Å². The monoisotopic (exact) mass is 317 g/mol. The van der Waals surface area contributed by atoms with Crippen molar-refractivity contribution in [1.82, 2.24) is 4.72 Å². The molecule has 2 atom stereocenters. The van der Waals surface area contributed by atoms with Gasteiger partial charge in [-0.15, -0.1) is 0 Å². The average molecular weight is 317 g/mol. The Bertz CT molecular complexity index is 588. The van der Waals surface area contributed by atoms with Crippen molar-refractivity contribution in [2.24, 2.45) is 0 Å². The van der Waals surface area contributed by atoms with Crippen LogP contribution in [0.15, 0.2) is 24.3 Å². The summed E-state index contributed by atoms with van der Waals surface area (Å²) in [7, 11) is -1.34. The van der Waals surface area contributed by atoms with Crippen molar-refractivity contribution in [2.45, 2.75) is 44.2 Å². The molecule has 2 rings (SSSR count). The van der Waals surface area contributed by atoms with Crippen molar-refractivity contribution in [2.75, 3.05) is 0 Å². The second-order valence-electron chi connectivity index (χ2n) is 6.03. The molecule has 0 saturated heterocycles. The van der Waals surface area contributed by atoms with Gasteiger partial charge in [-0.1, -0.05) is 18.2 Å². The lowest BCUT2D eigenvalue weighted by molar-refractivity contribution is -0.137. The smallest absolute Gasteiger partial charge is 0.242 e. The molecule has 1 aliphatic rings. The van der Waals surface area contributed by atoms with Gasteiger partial charge in [-0.3, -0.25) is 0 Å². The van der Waals surface area contributed by atoms with Crippen molar-refractivity contribution >= 4 is 17.1 Å².